The smallest absolute Gasteiger partial charge is 0.422 e. The third kappa shape index (κ3) is 7.71. The summed E-state index contributed by atoms with van der Waals surface area (Å²) < 4.78 is 41.0. The van der Waals surface area contributed by atoms with Crippen LogP contribution >= 0.6 is 24.0 Å². The number of hydrogen-bond acceptors (Lipinski definition) is 2. The molecule has 126 valence electrons. The maximum Gasteiger partial charge on any atom is 0.422 e. The zero-order valence-electron chi connectivity index (χ0n) is 12.6. The van der Waals surface area contributed by atoms with Crippen LogP contribution in [0.3, 0.4) is 0 Å². The molecule has 0 fully saturated rings. The fourth-order valence-corrected chi connectivity index (χ4v) is 1.72. The summed E-state index contributed by atoms with van der Waals surface area (Å²) in [5.41, 5.74) is 6.58. The van der Waals surface area contributed by atoms with Crippen molar-refractivity contribution in [1.82, 2.24) is 4.90 Å². The molecule has 0 saturated heterocycles. The molecule has 0 aromatic heterocycles. The second kappa shape index (κ2) is 9.75. The lowest BCUT2D eigenvalue weighted by Crippen LogP contribution is -2.37. The zero-order valence-corrected chi connectivity index (χ0v) is 14.9. The normalized spacial score (nSPS) is 11.8. The molecule has 2 N–H and O–H groups in total. The van der Waals surface area contributed by atoms with Crippen LogP contribution in [0.4, 0.5) is 13.2 Å². The summed E-state index contributed by atoms with van der Waals surface area (Å²) in [5, 5.41) is 0. The molecule has 4 nitrogen and oxygen atoms in total. The third-order valence-electron chi connectivity index (χ3n) is 2.81. The van der Waals surface area contributed by atoms with E-state index in [4.69, 9.17) is 10.5 Å². The Kier molecular flexibility index (Phi) is 9.22. The Bertz CT molecular complexity index is 477. The van der Waals surface area contributed by atoms with Crippen LogP contribution in [0, 0.1) is 0 Å². The Labute approximate surface area is 145 Å². The zero-order chi connectivity index (χ0) is 15.9. The van der Waals surface area contributed by atoms with Gasteiger partial charge in [-0.15, -0.1) is 24.0 Å². The van der Waals surface area contributed by atoms with E-state index in [1.807, 2.05) is 18.7 Å². The molecule has 1 aromatic rings. The summed E-state index contributed by atoms with van der Waals surface area (Å²) in [6, 6.07) is 6.40. The van der Waals surface area contributed by atoms with Crippen LogP contribution in [-0.2, 0) is 6.54 Å². The van der Waals surface area contributed by atoms with Gasteiger partial charge in [-0.25, -0.2) is 4.99 Å². The SMILES string of the molecule is CCN(CC)C(N)=NCc1cccc(OCC(F)(F)F)c1.I. The Morgan fingerprint density at radius 3 is 2.45 bits per heavy atom. The molecule has 0 saturated carbocycles. The second-order valence-corrected chi connectivity index (χ2v) is 4.40. The largest absolute Gasteiger partial charge is 0.484 e. The minimum absolute atomic E-state index is 0. The topological polar surface area (TPSA) is 50.8 Å². The molecule has 0 heterocycles. The summed E-state index contributed by atoms with van der Waals surface area (Å²) >= 11 is 0. The van der Waals surface area contributed by atoms with Gasteiger partial charge < -0.3 is 15.4 Å². The first kappa shape index (κ1) is 20.8. The first-order valence-electron chi connectivity index (χ1n) is 6.69. The quantitative estimate of drug-likeness (QED) is 0.427. The second-order valence-electron chi connectivity index (χ2n) is 4.40. The Morgan fingerprint density at radius 1 is 1.27 bits per heavy atom. The number of alkyl halides is 3. The highest BCUT2D eigenvalue weighted by Gasteiger charge is 2.28. The Balaban J connectivity index is 0.00000441. The number of hydrogen-bond donors (Lipinski definition) is 1. The van der Waals surface area contributed by atoms with Crippen LogP contribution in [0.5, 0.6) is 5.75 Å². The van der Waals surface area contributed by atoms with E-state index in [-0.39, 0.29) is 29.7 Å². The lowest BCUT2D eigenvalue weighted by Gasteiger charge is -2.19. The molecule has 0 aliphatic heterocycles. The highest BCUT2D eigenvalue weighted by Crippen LogP contribution is 2.19. The molecule has 0 bridgehead atoms. The predicted octanol–water partition coefficient (Wildman–Crippen LogP) is 3.40. The van der Waals surface area contributed by atoms with Crippen molar-refractivity contribution in [3.63, 3.8) is 0 Å². The van der Waals surface area contributed by atoms with Crippen molar-refractivity contribution in [3.05, 3.63) is 29.8 Å². The van der Waals surface area contributed by atoms with E-state index in [2.05, 4.69) is 4.99 Å². The van der Waals surface area contributed by atoms with Gasteiger partial charge >= 0.3 is 6.18 Å². The first-order chi connectivity index (χ1) is 9.85. The highest BCUT2D eigenvalue weighted by atomic mass is 127. The van der Waals surface area contributed by atoms with Gasteiger partial charge in [0, 0.05) is 13.1 Å². The van der Waals surface area contributed by atoms with Gasteiger partial charge in [0.25, 0.3) is 0 Å². The number of halogens is 4. The molecule has 0 aliphatic carbocycles. The van der Waals surface area contributed by atoms with Gasteiger partial charge in [-0.2, -0.15) is 13.2 Å². The average molecular weight is 431 g/mol. The van der Waals surface area contributed by atoms with Crippen LogP contribution in [0.2, 0.25) is 0 Å². The Hall–Kier alpha value is -1.19. The van der Waals surface area contributed by atoms with Crippen LogP contribution in [0.15, 0.2) is 29.3 Å². The van der Waals surface area contributed by atoms with Crippen molar-refractivity contribution in [1.29, 1.82) is 0 Å². The van der Waals surface area contributed by atoms with Crippen molar-refractivity contribution in [3.8, 4) is 5.75 Å². The van der Waals surface area contributed by atoms with Crippen molar-refractivity contribution >= 4 is 29.9 Å². The number of nitrogens with two attached hydrogens (primary N) is 1. The van der Waals surface area contributed by atoms with E-state index in [9.17, 15) is 13.2 Å². The molecular weight excluding hydrogens is 410 g/mol. The maximum absolute atomic E-state index is 12.1. The number of nitrogens with zero attached hydrogens (tertiary/aromatic N) is 2. The predicted molar refractivity (Wildman–Crippen MR) is 91.7 cm³/mol. The molecule has 22 heavy (non-hydrogen) atoms. The maximum atomic E-state index is 12.1. The molecule has 1 aromatic carbocycles. The van der Waals surface area contributed by atoms with Gasteiger partial charge in [-0.1, -0.05) is 12.1 Å². The van der Waals surface area contributed by atoms with Crippen LogP contribution < -0.4 is 10.5 Å². The fourth-order valence-electron chi connectivity index (χ4n) is 1.72. The third-order valence-corrected chi connectivity index (χ3v) is 2.81. The van der Waals surface area contributed by atoms with Crippen molar-refractivity contribution in [2.24, 2.45) is 10.7 Å². The van der Waals surface area contributed by atoms with E-state index >= 15 is 0 Å². The molecule has 0 spiro atoms. The highest BCUT2D eigenvalue weighted by molar-refractivity contribution is 14.0. The lowest BCUT2D eigenvalue weighted by molar-refractivity contribution is -0.153. The molecule has 0 aliphatic rings. The van der Waals surface area contributed by atoms with Gasteiger partial charge in [0.1, 0.15) is 5.75 Å². The molecule has 1 rings (SSSR count). The van der Waals surface area contributed by atoms with E-state index in [1.54, 1.807) is 12.1 Å². The monoisotopic (exact) mass is 431 g/mol. The fraction of sp³-hybridized carbons (Fsp3) is 0.500. The van der Waals surface area contributed by atoms with Gasteiger partial charge in [0.15, 0.2) is 12.6 Å². The van der Waals surface area contributed by atoms with Crippen molar-refractivity contribution in [2.45, 2.75) is 26.6 Å². The summed E-state index contributed by atoms with van der Waals surface area (Å²) in [6.45, 7) is 4.43. The first-order valence-corrected chi connectivity index (χ1v) is 6.69. The van der Waals surface area contributed by atoms with Gasteiger partial charge in [-0.3, -0.25) is 0 Å². The average Bonchev–Trinajstić information content (AvgIpc) is 2.44. The molecule has 0 amide bonds. The van der Waals surface area contributed by atoms with E-state index in [0.29, 0.717) is 12.5 Å². The molecule has 0 atom stereocenters. The lowest BCUT2D eigenvalue weighted by atomic mass is 10.2. The van der Waals surface area contributed by atoms with Gasteiger partial charge in [0.05, 0.1) is 6.54 Å². The standard InChI is InChI=1S/C14H20F3N3O.HI/c1-3-20(4-2)13(18)19-9-11-6-5-7-12(8-11)21-10-14(15,16)17;/h5-8H,3-4,9-10H2,1-2H3,(H2,18,19);1H. The summed E-state index contributed by atoms with van der Waals surface area (Å²) in [5.74, 6) is 0.586. The summed E-state index contributed by atoms with van der Waals surface area (Å²) in [4.78, 5) is 6.12. The van der Waals surface area contributed by atoms with Crippen molar-refractivity contribution in [2.75, 3.05) is 19.7 Å². The number of rotatable bonds is 6. The molecular formula is C14H21F3IN3O. The summed E-state index contributed by atoms with van der Waals surface area (Å²) in [6.07, 6.45) is -4.35. The van der Waals surface area contributed by atoms with E-state index in [0.717, 1.165) is 18.7 Å². The van der Waals surface area contributed by atoms with Crippen LogP contribution in [-0.4, -0.2) is 36.7 Å². The minimum Gasteiger partial charge on any atom is -0.484 e. The van der Waals surface area contributed by atoms with Gasteiger partial charge in [-0.05, 0) is 31.5 Å². The molecule has 0 unspecified atom stereocenters. The molecule has 0 radical (unpaired) electrons. The number of benzene rings is 1. The van der Waals surface area contributed by atoms with Crippen LogP contribution in [0.1, 0.15) is 19.4 Å². The number of guanidine groups is 1. The van der Waals surface area contributed by atoms with E-state index < -0.39 is 12.8 Å². The number of ether oxygens (including phenoxy) is 1. The van der Waals surface area contributed by atoms with Crippen LogP contribution in [0.25, 0.3) is 0 Å². The van der Waals surface area contributed by atoms with Crippen molar-refractivity contribution < 1.29 is 17.9 Å². The van der Waals surface area contributed by atoms with Gasteiger partial charge in [0.2, 0.25) is 0 Å². The molecule has 8 heteroatoms. The Morgan fingerprint density at radius 2 is 1.91 bits per heavy atom. The summed E-state index contributed by atoms with van der Waals surface area (Å²) in [7, 11) is 0. The minimum atomic E-state index is -4.35. The van der Waals surface area contributed by atoms with E-state index in [1.165, 1.54) is 12.1 Å². The number of aliphatic imine (C=N–C) groups is 1.